The summed E-state index contributed by atoms with van der Waals surface area (Å²) in [6.45, 7) is 3.70. The average Bonchev–Trinajstić information content (AvgIpc) is 3.07. The van der Waals surface area contributed by atoms with E-state index in [9.17, 15) is 29.7 Å². The van der Waals surface area contributed by atoms with Crippen LogP contribution in [0, 0.1) is 40.9 Å². The van der Waals surface area contributed by atoms with Crippen LogP contribution in [0.15, 0.2) is 24.3 Å². The predicted molar refractivity (Wildman–Crippen MR) is 133 cm³/mol. The molecule has 37 heavy (non-hydrogen) atoms. The lowest BCUT2D eigenvalue weighted by Crippen LogP contribution is -2.56. The van der Waals surface area contributed by atoms with Crippen molar-refractivity contribution in [3.8, 4) is 0 Å². The molecule has 8 heteroatoms. The van der Waals surface area contributed by atoms with Crippen LogP contribution in [0.1, 0.15) is 71.6 Å². The molecule has 8 nitrogen and oxygen atoms in total. The Bertz CT molecular complexity index is 988. The molecule has 11 atom stereocenters. The van der Waals surface area contributed by atoms with E-state index in [4.69, 9.17) is 9.47 Å². The minimum Gasteiger partial charge on any atom is -0.481 e. The molecule has 11 unspecified atom stereocenters. The smallest absolute Gasteiger partial charge is 0.351 e. The number of carbonyl (C=O) groups excluding carboxylic acids is 2. The largest absolute Gasteiger partial charge is 0.481 e. The van der Waals surface area contributed by atoms with Crippen molar-refractivity contribution in [2.24, 2.45) is 40.9 Å². The summed E-state index contributed by atoms with van der Waals surface area (Å²) >= 11 is 0. The molecule has 0 radical (unpaired) electrons. The van der Waals surface area contributed by atoms with Crippen molar-refractivity contribution in [2.75, 3.05) is 0 Å². The third-order valence-corrected chi connectivity index (χ3v) is 10.3. The van der Waals surface area contributed by atoms with Gasteiger partial charge in [0, 0.05) is 11.8 Å². The van der Waals surface area contributed by atoms with Crippen molar-refractivity contribution < 1.29 is 39.2 Å². The van der Waals surface area contributed by atoms with Crippen molar-refractivity contribution >= 4 is 17.9 Å². The van der Waals surface area contributed by atoms with Crippen LogP contribution < -0.4 is 0 Å². The predicted octanol–water partition coefficient (Wildman–Crippen LogP) is 3.40. The molecular formula is C29H40O8. The molecule has 1 saturated heterocycles. The van der Waals surface area contributed by atoms with Crippen LogP contribution in [-0.2, 0) is 23.9 Å². The van der Waals surface area contributed by atoms with E-state index in [1.54, 1.807) is 6.92 Å². The third kappa shape index (κ3) is 4.24. The van der Waals surface area contributed by atoms with E-state index in [1.165, 1.54) is 0 Å². The van der Waals surface area contributed by atoms with Crippen molar-refractivity contribution in [3.63, 3.8) is 0 Å². The summed E-state index contributed by atoms with van der Waals surface area (Å²) in [5, 5.41) is 32.0. The van der Waals surface area contributed by atoms with E-state index in [0.717, 1.165) is 38.5 Å². The molecule has 2 bridgehead atoms. The number of carboxylic acids is 1. The molecule has 1 spiro atoms. The minimum absolute atomic E-state index is 0.0965. The number of aliphatic carboxylic acids is 1. The minimum atomic E-state index is -1.46. The lowest BCUT2D eigenvalue weighted by Gasteiger charge is -2.50. The van der Waals surface area contributed by atoms with E-state index in [2.05, 4.69) is 12.2 Å². The zero-order valence-electron chi connectivity index (χ0n) is 21.8. The van der Waals surface area contributed by atoms with Gasteiger partial charge in [0.2, 0.25) is 6.10 Å². The number of ether oxygens (including phenoxy) is 2. The molecule has 5 aliphatic rings. The summed E-state index contributed by atoms with van der Waals surface area (Å²) in [5.74, 6) is -3.99. The number of esters is 2. The highest BCUT2D eigenvalue weighted by atomic mass is 16.6. The van der Waals surface area contributed by atoms with E-state index >= 15 is 0 Å². The van der Waals surface area contributed by atoms with Gasteiger partial charge in [-0.2, -0.15) is 0 Å². The Morgan fingerprint density at radius 2 is 1.81 bits per heavy atom. The molecule has 2 saturated carbocycles. The first-order valence-electron chi connectivity index (χ1n) is 14.0. The fourth-order valence-electron chi connectivity index (χ4n) is 8.08. The highest BCUT2D eigenvalue weighted by molar-refractivity contribution is 5.85. The molecule has 3 N–H and O–H groups in total. The van der Waals surface area contributed by atoms with Gasteiger partial charge in [-0.25, -0.2) is 4.79 Å². The quantitative estimate of drug-likeness (QED) is 0.357. The zero-order chi connectivity index (χ0) is 26.5. The maximum Gasteiger partial charge on any atom is 0.351 e. The molecule has 204 valence electrons. The summed E-state index contributed by atoms with van der Waals surface area (Å²) in [4.78, 5) is 39.1. The fourth-order valence-corrected chi connectivity index (χ4v) is 8.08. The van der Waals surface area contributed by atoms with Gasteiger partial charge in [-0.3, -0.25) is 9.59 Å². The molecule has 0 amide bonds. The molecule has 3 fully saturated rings. The average molecular weight is 517 g/mol. The van der Waals surface area contributed by atoms with Crippen molar-refractivity contribution in [3.05, 3.63) is 24.3 Å². The Morgan fingerprint density at radius 1 is 1.03 bits per heavy atom. The number of allylic oxidation sites excluding steroid dienone is 2. The topological polar surface area (TPSA) is 130 Å². The van der Waals surface area contributed by atoms with Crippen molar-refractivity contribution in [1.82, 2.24) is 0 Å². The van der Waals surface area contributed by atoms with Crippen molar-refractivity contribution in [2.45, 2.75) is 95.5 Å². The fraction of sp³-hybridized carbons (Fsp3) is 0.759. The molecule has 0 aromatic carbocycles. The van der Waals surface area contributed by atoms with E-state index in [1.807, 2.05) is 19.1 Å². The number of hydrogen-bond acceptors (Lipinski definition) is 7. The highest BCUT2D eigenvalue weighted by Crippen LogP contribution is 2.54. The van der Waals surface area contributed by atoms with Crippen LogP contribution in [0.5, 0.6) is 0 Å². The Morgan fingerprint density at radius 3 is 2.57 bits per heavy atom. The second-order valence-electron chi connectivity index (χ2n) is 12.3. The first-order chi connectivity index (χ1) is 17.6. The number of aliphatic hydroxyl groups is 2. The number of rotatable bonds is 1. The molecule has 2 aliphatic heterocycles. The van der Waals surface area contributed by atoms with Gasteiger partial charge in [-0.1, -0.05) is 44.1 Å². The summed E-state index contributed by atoms with van der Waals surface area (Å²) in [6.07, 6.45) is 10.7. The maximum atomic E-state index is 14.0. The van der Waals surface area contributed by atoms with Crippen molar-refractivity contribution in [1.29, 1.82) is 0 Å². The SMILES string of the molecule is CC1CC23OC(=O)C(OC(=O)C4(C)C(C=CC5C(O)CCCC54)CCCCC=CC2CC1C(=O)O)C3O. The molecule has 2 heterocycles. The van der Waals surface area contributed by atoms with Gasteiger partial charge in [0.1, 0.15) is 11.7 Å². The summed E-state index contributed by atoms with van der Waals surface area (Å²) in [5.41, 5.74) is -2.27. The molecule has 0 aromatic rings. The first-order valence-corrected chi connectivity index (χ1v) is 14.0. The van der Waals surface area contributed by atoms with Crippen LogP contribution in [-0.4, -0.2) is 57.1 Å². The van der Waals surface area contributed by atoms with Crippen LogP contribution in [0.2, 0.25) is 0 Å². The van der Waals surface area contributed by atoms with E-state index < -0.39 is 59.1 Å². The van der Waals surface area contributed by atoms with Gasteiger partial charge in [-0.05, 0) is 69.6 Å². The molecule has 0 aromatic heterocycles. The third-order valence-electron chi connectivity index (χ3n) is 10.3. The van der Waals surface area contributed by atoms with Gasteiger partial charge >= 0.3 is 17.9 Å². The second-order valence-corrected chi connectivity index (χ2v) is 12.3. The Hall–Kier alpha value is -2.19. The summed E-state index contributed by atoms with van der Waals surface area (Å²) in [7, 11) is 0. The van der Waals surface area contributed by atoms with E-state index in [0.29, 0.717) is 6.42 Å². The molecule has 5 rings (SSSR count). The number of aliphatic hydroxyl groups excluding tert-OH is 2. The highest BCUT2D eigenvalue weighted by Gasteiger charge is 2.64. The zero-order valence-corrected chi connectivity index (χ0v) is 21.8. The monoisotopic (exact) mass is 516 g/mol. The number of hydrogen-bond donors (Lipinski definition) is 3. The standard InChI is InChI=1S/C29H40O8/c1-16-15-29-18(14-20(16)25(32)33)9-6-4-3-5-8-17-12-13-19-21(10-7-11-22(19)30)28(17,2)27(35)36-23(24(29)31)26(34)37-29/h6,9,12-13,16-24,30-31H,3-5,7-8,10-11,14-15H2,1-2H3,(H,32,33). The Kier molecular flexibility index (Phi) is 7.03. The second kappa shape index (κ2) is 9.84. The number of carboxylic acid groups (broad SMARTS) is 1. The molecule has 3 aliphatic carbocycles. The number of carbonyl (C=O) groups is 3. The lowest BCUT2D eigenvalue weighted by molar-refractivity contribution is -0.180. The van der Waals surface area contributed by atoms with Gasteiger partial charge in [0.15, 0.2) is 0 Å². The van der Waals surface area contributed by atoms with Gasteiger partial charge in [-0.15, -0.1) is 0 Å². The lowest BCUT2D eigenvalue weighted by atomic mass is 9.55. The number of fused-ring (bicyclic) bond motifs is 4. The normalized spacial score (nSPS) is 48.1. The van der Waals surface area contributed by atoms with Gasteiger partial charge in [0.25, 0.3) is 0 Å². The van der Waals surface area contributed by atoms with Gasteiger partial charge in [0.05, 0.1) is 17.4 Å². The van der Waals surface area contributed by atoms with E-state index in [-0.39, 0.29) is 36.5 Å². The van der Waals surface area contributed by atoms with Crippen LogP contribution in [0.3, 0.4) is 0 Å². The molecular weight excluding hydrogens is 476 g/mol. The van der Waals surface area contributed by atoms with Gasteiger partial charge < -0.3 is 24.8 Å². The van der Waals surface area contributed by atoms with Crippen LogP contribution in [0.25, 0.3) is 0 Å². The Balaban J connectivity index is 1.51. The van der Waals surface area contributed by atoms with Crippen LogP contribution >= 0.6 is 0 Å². The maximum absolute atomic E-state index is 14.0. The summed E-state index contributed by atoms with van der Waals surface area (Å²) < 4.78 is 11.8. The first kappa shape index (κ1) is 26.4. The Labute approximate surface area is 218 Å². The summed E-state index contributed by atoms with van der Waals surface area (Å²) in [6, 6.07) is 0. The van der Waals surface area contributed by atoms with Crippen LogP contribution in [0.4, 0.5) is 0 Å².